The summed E-state index contributed by atoms with van der Waals surface area (Å²) < 4.78 is 5.26. The average Bonchev–Trinajstić information content (AvgIpc) is 2.72. The first-order valence-corrected chi connectivity index (χ1v) is 8.24. The summed E-state index contributed by atoms with van der Waals surface area (Å²) in [6, 6.07) is 25.0. The minimum atomic E-state index is -0.215. The molecule has 0 aromatic heterocycles. The van der Waals surface area contributed by atoms with E-state index in [2.05, 4.69) is 0 Å². The van der Waals surface area contributed by atoms with Gasteiger partial charge >= 0.3 is 0 Å². The van der Waals surface area contributed by atoms with E-state index in [9.17, 15) is 9.59 Å². The Balaban J connectivity index is 2.08. The van der Waals surface area contributed by atoms with Crippen molar-refractivity contribution in [3.8, 4) is 5.75 Å². The lowest BCUT2D eigenvalue weighted by Crippen LogP contribution is -2.06. The minimum Gasteiger partial charge on any atom is -0.497 e. The van der Waals surface area contributed by atoms with Crippen LogP contribution >= 0.6 is 0 Å². The molecule has 0 bridgehead atoms. The van der Waals surface area contributed by atoms with Crippen LogP contribution in [0.15, 0.2) is 91.0 Å². The fourth-order valence-electron chi connectivity index (χ4n) is 2.63. The van der Waals surface area contributed by atoms with Crippen LogP contribution in [0.25, 0.3) is 5.57 Å². The Bertz CT molecular complexity index is 941. The van der Waals surface area contributed by atoms with Crippen molar-refractivity contribution in [1.82, 2.24) is 0 Å². The third-order valence-electron chi connectivity index (χ3n) is 4.00. The number of carbonyl (C=O) groups is 2. The summed E-state index contributed by atoms with van der Waals surface area (Å²) in [6.07, 6.45) is 1.40. The van der Waals surface area contributed by atoms with Crippen molar-refractivity contribution in [3.05, 3.63) is 108 Å². The van der Waals surface area contributed by atoms with Gasteiger partial charge in [0.15, 0.2) is 11.6 Å². The summed E-state index contributed by atoms with van der Waals surface area (Å²) >= 11 is 0. The minimum absolute atomic E-state index is 0.205. The van der Waals surface area contributed by atoms with Crippen LogP contribution in [0.2, 0.25) is 0 Å². The fraction of sp³-hybridized carbons (Fsp3) is 0.0435. The predicted octanol–water partition coefficient (Wildman–Crippen LogP) is 4.84. The van der Waals surface area contributed by atoms with E-state index in [1.54, 1.807) is 79.9 Å². The van der Waals surface area contributed by atoms with E-state index in [-0.39, 0.29) is 11.6 Å². The van der Waals surface area contributed by atoms with E-state index in [0.29, 0.717) is 28.0 Å². The van der Waals surface area contributed by atoms with E-state index in [4.69, 9.17) is 4.74 Å². The summed E-state index contributed by atoms with van der Waals surface area (Å²) in [6.45, 7) is 0. The van der Waals surface area contributed by atoms with Gasteiger partial charge in [-0.15, -0.1) is 0 Å². The highest BCUT2D eigenvalue weighted by atomic mass is 16.5. The van der Waals surface area contributed by atoms with Crippen molar-refractivity contribution in [2.75, 3.05) is 7.11 Å². The molecule has 0 spiro atoms. The quantitative estimate of drug-likeness (QED) is 0.475. The molecule has 3 aromatic carbocycles. The summed E-state index contributed by atoms with van der Waals surface area (Å²) in [5, 5.41) is 0. The number of hydrogen-bond donors (Lipinski definition) is 0. The van der Waals surface area contributed by atoms with E-state index >= 15 is 0 Å². The van der Waals surface area contributed by atoms with Crippen LogP contribution in [0, 0.1) is 0 Å². The third kappa shape index (κ3) is 3.95. The molecule has 26 heavy (non-hydrogen) atoms. The molecule has 0 fully saturated rings. The third-order valence-corrected chi connectivity index (χ3v) is 4.00. The maximum absolute atomic E-state index is 13.1. The number of allylic oxidation sites excluding steroid dienone is 2. The monoisotopic (exact) mass is 342 g/mol. The molecule has 0 saturated carbocycles. The molecule has 0 saturated heterocycles. The largest absolute Gasteiger partial charge is 0.497 e. The van der Waals surface area contributed by atoms with Crippen molar-refractivity contribution >= 4 is 17.1 Å². The summed E-state index contributed by atoms with van der Waals surface area (Å²) in [4.78, 5) is 25.7. The number of Topliss-reactive ketones (excluding diaryl/α,β-unsaturated/α-hetero) is 1. The van der Waals surface area contributed by atoms with Crippen molar-refractivity contribution in [2.45, 2.75) is 0 Å². The Morgan fingerprint density at radius 2 is 1.31 bits per heavy atom. The van der Waals surface area contributed by atoms with Gasteiger partial charge < -0.3 is 4.74 Å². The standard InChI is InChI=1S/C23H18O3/c1-26-20-14-8-13-19(15-20)21(23(25)18-11-6-3-7-12-18)16-22(24)17-9-4-2-5-10-17/h2-16H,1H3. The van der Waals surface area contributed by atoms with Gasteiger partial charge in [0.1, 0.15) is 5.75 Å². The van der Waals surface area contributed by atoms with Crippen LogP contribution in [0.3, 0.4) is 0 Å². The number of rotatable bonds is 6. The molecule has 0 radical (unpaired) electrons. The lowest BCUT2D eigenvalue weighted by atomic mass is 9.94. The molecule has 3 rings (SSSR count). The molecule has 0 aliphatic carbocycles. The highest BCUT2D eigenvalue weighted by Gasteiger charge is 2.17. The summed E-state index contributed by atoms with van der Waals surface area (Å²) in [5.41, 5.74) is 2.04. The molecule has 0 unspecified atom stereocenters. The zero-order valence-corrected chi connectivity index (χ0v) is 14.4. The summed E-state index contributed by atoms with van der Waals surface area (Å²) in [5.74, 6) is 0.206. The van der Waals surface area contributed by atoms with Gasteiger partial charge in [-0.25, -0.2) is 0 Å². The normalized spacial score (nSPS) is 11.0. The second-order valence-electron chi connectivity index (χ2n) is 5.72. The second kappa shape index (κ2) is 8.08. The number of methoxy groups -OCH3 is 1. The predicted molar refractivity (Wildman–Crippen MR) is 103 cm³/mol. The van der Waals surface area contributed by atoms with E-state index < -0.39 is 0 Å². The molecule has 0 amide bonds. The number of ether oxygens (including phenoxy) is 1. The van der Waals surface area contributed by atoms with Gasteiger partial charge in [-0.2, -0.15) is 0 Å². The number of carbonyl (C=O) groups excluding carboxylic acids is 2. The topological polar surface area (TPSA) is 43.4 Å². The highest BCUT2D eigenvalue weighted by molar-refractivity contribution is 6.32. The number of hydrogen-bond acceptors (Lipinski definition) is 3. The molecule has 0 aliphatic heterocycles. The van der Waals surface area contributed by atoms with Gasteiger partial charge in [0.2, 0.25) is 0 Å². The second-order valence-corrected chi connectivity index (χ2v) is 5.72. The number of ketones is 2. The molecule has 0 aliphatic rings. The Morgan fingerprint density at radius 1 is 0.731 bits per heavy atom. The molecule has 3 heteroatoms. The first kappa shape index (κ1) is 17.4. The van der Waals surface area contributed by atoms with Gasteiger partial charge in [0.05, 0.1) is 7.11 Å². The molecule has 0 N–H and O–H groups in total. The zero-order valence-electron chi connectivity index (χ0n) is 14.4. The SMILES string of the molecule is COc1cccc(C(=CC(=O)c2ccccc2)C(=O)c2ccccc2)c1. The Hall–Kier alpha value is -3.46. The Labute approximate surface area is 152 Å². The first-order valence-electron chi connectivity index (χ1n) is 8.24. The zero-order chi connectivity index (χ0) is 18.4. The molecule has 3 aromatic rings. The maximum Gasteiger partial charge on any atom is 0.193 e. The Kier molecular flexibility index (Phi) is 5.40. The van der Waals surface area contributed by atoms with Gasteiger partial charge in [-0.1, -0.05) is 72.8 Å². The van der Waals surface area contributed by atoms with Gasteiger partial charge in [-0.3, -0.25) is 9.59 Å². The average molecular weight is 342 g/mol. The van der Waals surface area contributed by atoms with Crippen molar-refractivity contribution in [2.24, 2.45) is 0 Å². The van der Waals surface area contributed by atoms with Crippen molar-refractivity contribution in [3.63, 3.8) is 0 Å². The van der Waals surface area contributed by atoms with Gasteiger partial charge in [0, 0.05) is 16.7 Å². The van der Waals surface area contributed by atoms with Gasteiger partial charge in [-0.05, 0) is 23.8 Å². The number of benzene rings is 3. The molecule has 128 valence electrons. The van der Waals surface area contributed by atoms with Crippen LogP contribution in [0.4, 0.5) is 0 Å². The van der Waals surface area contributed by atoms with Crippen LogP contribution in [-0.2, 0) is 0 Å². The van der Waals surface area contributed by atoms with Crippen LogP contribution in [-0.4, -0.2) is 18.7 Å². The van der Waals surface area contributed by atoms with E-state index in [1.807, 2.05) is 12.1 Å². The van der Waals surface area contributed by atoms with E-state index in [1.165, 1.54) is 6.08 Å². The molecule has 0 heterocycles. The van der Waals surface area contributed by atoms with Crippen molar-refractivity contribution in [1.29, 1.82) is 0 Å². The molecular weight excluding hydrogens is 324 g/mol. The van der Waals surface area contributed by atoms with Crippen LogP contribution < -0.4 is 4.74 Å². The summed E-state index contributed by atoms with van der Waals surface area (Å²) in [7, 11) is 1.57. The van der Waals surface area contributed by atoms with Gasteiger partial charge in [0.25, 0.3) is 0 Å². The lowest BCUT2D eigenvalue weighted by molar-refractivity contribution is 0.102. The highest BCUT2D eigenvalue weighted by Crippen LogP contribution is 2.24. The smallest absolute Gasteiger partial charge is 0.193 e. The van der Waals surface area contributed by atoms with Crippen LogP contribution in [0.5, 0.6) is 5.75 Å². The molecule has 0 atom stereocenters. The Morgan fingerprint density at radius 3 is 1.92 bits per heavy atom. The molecule has 3 nitrogen and oxygen atoms in total. The lowest BCUT2D eigenvalue weighted by Gasteiger charge is -2.09. The van der Waals surface area contributed by atoms with E-state index in [0.717, 1.165) is 0 Å². The van der Waals surface area contributed by atoms with Crippen molar-refractivity contribution < 1.29 is 14.3 Å². The maximum atomic E-state index is 13.1. The first-order chi connectivity index (χ1) is 12.7. The molecular formula is C23H18O3. The fourth-order valence-corrected chi connectivity index (χ4v) is 2.63. The van der Waals surface area contributed by atoms with Crippen LogP contribution in [0.1, 0.15) is 26.3 Å².